The van der Waals surface area contributed by atoms with Gasteiger partial charge in [-0.3, -0.25) is 4.79 Å². The number of nitrogens with zero attached hydrogens (tertiary/aromatic N) is 1. The molecule has 1 amide bonds. The third-order valence-corrected chi connectivity index (χ3v) is 7.33. The van der Waals surface area contributed by atoms with Crippen LogP contribution >= 0.6 is 50.9 Å². The van der Waals surface area contributed by atoms with Crippen molar-refractivity contribution in [3.63, 3.8) is 0 Å². The van der Waals surface area contributed by atoms with E-state index in [-0.39, 0.29) is 41.9 Å². The van der Waals surface area contributed by atoms with E-state index in [1.165, 1.54) is 7.11 Å². The number of aliphatic imine (C=N–C) groups is 1. The van der Waals surface area contributed by atoms with Gasteiger partial charge in [0.25, 0.3) is 0 Å². The Morgan fingerprint density at radius 2 is 1.92 bits per heavy atom. The highest BCUT2D eigenvalue weighted by atomic mass is 79.9. The summed E-state index contributed by atoms with van der Waals surface area (Å²) in [5, 5.41) is 11.8. The van der Waals surface area contributed by atoms with Gasteiger partial charge in [0, 0.05) is 6.42 Å². The molecule has 196 valence electrons. The van der Waals surface area contributed by atoms with Crippen molar-refractivity contribution in [2.24, 2.45) is 4.99 Å². The van der Waals surface area contributed by atoms with E-state index >= 15 is 0 Å². The van der Waals surface area contributed by atoms with Crippen molar-refractivity contribution in [1.82, 2.24) is 0 Å². The fourth-order valence-corrected chi connectivity index (χ4v) is 5.20. The van der Waals surface area contributed by atoms with E-state index in [1.807, 2.05) is 13.0 Å². The smallest absolute Gasteiger partial charge is 0.344 e. The second-order valence-electron chi connectivity index (χ2n) is 7.69. The van der Waals surface area contributed by atoms with Crippen LogP contribution in [0.4, 0.5) is 0 Å². The molecule has 0 radical (unpaired) electrons. The van der Waals surface area contributed by atoms with Crippen molar-refractivity contribution in [2.45, 2.75) is 33.3 Å². The van der Waals surface area contributed by atoms with Gasteiger partial charge in [-0.05, 0) is 70.7 Å². The summed E-state index contributed by atoms with van der Waals surface area (Å²) in [4.78, 5) is 29.0. The van der Waals surface area contributed by atoms with Crippen molar-refractivity contribution >= 4 is 73.9 Å². The van der Waals surface area contributed by atoms with Gasteiger partial charge in [-0.1, -0.05) is 48.0 Å². The highest BCUT2D eigenvalue weighted by molar-refractivity contribution is 9.10. The minimum atomic E-state index is -0.747. The minimum absolute atomic E-state index is 0.105. The SMILES string of the molecule is CCCC(=O)N=C1S/C(=C\c2cc(Br)c(OCc3ccc(Cl)c(Cl)c3)c(OC)c2)C(O)=C1C(=O)OCC. The van der Waals surface area contributed by atoms with Gasteiger partial charge in [-0.25, -0.2) is 9.79 Å². The van der Waals surface area contributed by atoms with Gasteiger partial charge >= 0.3 is 5.97 Å². The zero-order chi connectivity index (χ0) is 27.1. The molecule has 2 aromatic rings. The molecule has 0 saturated carbocycles. The van der Waals surface area contributed by atoms with Crippen LogP contribution < -0.4 is 9.47 Å². The molecule has 0 fully saturated rings. The lowest BCUT2D eigenvalue weighted by Crippen LogP contribution is -2.14. The van der Waals surface area contributed by atoms with Crippen LogP contribution in [-0.2, 0) is 20.9 Å². The number of esters is 1. The standard InChI is InChI=1S/C26H24BrCl2NO6S/c1-4-6-21(31)30-25-22(26(33)35-5-2)23(32)20(37-25)12-15-9-16(27)24(19(11-15)34-3)36-13-14-7-8-17(28)18(29)10-14/h7-12,32H,4-6,13H2,1-3H3/b20-12-,30-25?. The van der Waals surface area contributed by atoms with Crippen LogP contribution in [0.2, 0.25) is 10.0 Å². The lowest BCUT2D eigenvalue weighted by molar-refractivity contribution is -0.138. The molecule has 0 bridgehead atoms. The van der Waals surface area contributed by atoms with Gasteiger partial charge < -0.3 is 19.3 Å². The molecular weight excluding hydrogens is 605 g/mol. The zero-order valence-corrected chi connectivity index (χ0v) is 24.2. The maximum absolute atomic E-state index is 12.5. The number of halogens is 3. The number of aliphatic hydroxyl groups is 1. The molecule has 0 atom stereocenters. The molecule has 11 heteroatoms. The summed E-state index contributed by atoms with van der Waals surface area (Å²) in [7, 11) is 1.51. The second kappa shape index (κ2) is 13.4. The van der Waals surface area contributed by atoms with Crippen LogP contribution in [0.5, 0.6) is 11.5 Å². The van der Waals surface area contributed by atoms with Crippen molar-refractivity contribution < 1.29 is 28.9 Å². The van der Waals surface area contributed by atoms with E-state index in [2.05, 4.69) is 20.9 Å². The molecule has 37 heavy (non-hydrogen) atoms. The first kappa shape index (κ1) is 29.1. The molecule has 0 spiro atoms. The second-order valence-corrected chi connectivity index (χ2v) is 10.4. The Morgan fingerprint density at radius 3 is 2.57 bits per heavy atom. The number of rotatable bonds is 9. The molecule has 7 nitrogen and oxygen atoms in total. The van der Waals surface area contributed by atoms with Crippen LogP contribution in [0.1, 0.15) is 37.8 Å². The monoisotopic (exact) mass is 627 g/mol. The molecule has 0 aliphatic carbocycles. The van der Waals surface area contributed by atoms with Gasteiger partial charge in [0.05, 0.1) is 33.1 Å². The third-order valence-electron chi connectivity index (χ3n) is 4.98. The van der Waals surface area contributed by atoms with E-state index in [1.54, 1.807) is 37.3 Å². The largest absolute Gasteiger partial charge is 0.506 e. The molecule has 1 aliphatic rings. The first-order chi connectivity index (χ1) is 17.7. The van der Waals surface area contributed by atoms with E-state index < -0.39 is 5.97 Å². The predicted molar refractivity (Wildman–Crippen MR) is 151 cm³/mol. The number of carbonyl (C=O) groups excluding carboxylic acids is 2. The molecule has 2 aromatic carbocycles. The summed E-state index contributed by atoms with van der Waals surface area (Å²) < 4.78 is 17.2. The van der Waals surface area contributed by atoms with Crippen molar-refractivity contribution in [3.8, 4) is 11.5 Å². The Balaban J connectivity index is 1.93. The Hall–Kier alpha value is -2.46. The molecule has 3 rings (SSSR count). The van der Waals surface area contributed by atoms with Crippen molar-refractivity contribution in [3.05, 3.63) is 72.2 Å². The molecule has 0 saturated heterocycles. The Morgan fingerprint density at radius 1 is 1.16 bits per heavy atom. The summed E-state index contributed by atoms with van der Waals surface area (Å²) in [5.41, 5.74) is 1.34. The van der Waals surface area contributed by atoms with Crippen LogP contribution in [-0.4, -0.2) is 35.7 Å². The summed E-state index contributed by atoms with van der Waals surface area (Å²) in [6, 6.07) is 8.72. The average Bonchev–Trinajstić information content (AvgIpc) is 3.14. The van der Waals surface area contributed by atoms with Crippen LogP contribution in [0.15, 0.2) is 56.0 Å². The fourth-order valence-electron chi connectivity index (χ4n) is 3.27. The number of aliphatic hydroxyl groups excluding tert-OH is 1. The number of thioether (sulfide) groups is 1. The minimum Gasteiger partial charge on any atom is -0.506 e. The average molecular weight is 629 g/mol. The predicted octanol–water partition coefficient (Wildman–Crippen LogP) is 7.53. The first-order valence-corrected chi connectivity index (χ1v) is 13.6. The van der Waals surface area contributed by atoms with Gasteiger partial charge in [0.1, 0.15) is 23.0 Å². The van der Waals surface area contributed by atoms with Gasteiger partial charge in [0.15, 0.2) is 11.5 Å². The van der Waals surface area contributed by atoms with Crippen LogP contribution in [0.3, 0.4) is 0 Å². The fraction of sp³-hybridized carbons (Fsp3) is 0.269. The number of hydrogen-bond donors (Lipinski definition) is 1. The maximum atomic E-state index is 12.5. The maximum Gasteiger partial charge on any atom is 0.344 e. The molecule has 1 N–H and O–H groups in total. The summed E-state index contributed by atoms with van der Waals surface area (Å²) in [6.07, 6.45) is 2.50. The number of ether oxygens (including phenoxy) is 3. The van der Waals surface area contributed by atoms with Gasteiger partial charge in [-0.15, -0.1) is 0 Å². The normalized spacial score (nSPS) is 15.4. The van der Waals surface area contributed by atoms with Crippen LogP contribution in [0.25, 0.3) is 6.08 Å². The molecule has 0 unspecified atom stereocenters. The molecule has 1 heterocycles. The number of carbonyl (C=O) groups is 2. The summed E-state index contributed by atoms with van der Waals surface area (Å²) in [6.45, 7) is 3.85. The van der Waals surface area contributed by atoms with Crippen molar-refractivity contribution in [2.75, 3.05) is 13.7 Å². The summed E-state index contributed by atoms with van der Waals surface area (Å²) >= 11 is 16.6. The lowest BCUT2D eigenvalue weighted by Gasteiger charge is -2.14. The summed E-state index contributed by atoms with van der Waals surface area (Å²) in [5.74, 6) is -0.529. The third kappa shape index (κ3) is 7.31. The van der Waals surface area contributed by atoms with E-state index in [4.69, 9.17) is 37.4 Å². The lowest BCUT2D eigenvalue weighted by atomic mass is 10.1. The highest BCUT2D eigenvalue weighted by Crippen LogP contribution is 2.42. The first-order valence-electron chi connectivity index (χ1n) is 11.2. The molecule has 0 aromatic heterocycles. The number of benzene rings is 2. The topological polar surface area (TPSA) is 94.4 Å². The Labute approximate surface area is 237 Å². The Kier molecular flexibility index (Phi) is 10.5. The number of methoxy groups -OCH3 is 1. The van der Waals surface area contributed by atoms with Gasteiger partial charge in [-0.2, -0.15) is 0 Å². The van der Waals surface area contributed by atoms with E-state index in [9.17, 15) is 14.7 Å². The molecular formula is C26H24BrCl2NO6S. The van der Waals surface area contributed by atoms with Crippen molar-refractivity contribution in [1.29, 1.82) is 0 Å². The van der Waals surface area contributed by atoms with Gasteiger partial charge in [0.2, 0.25) is 5.91 Å². The number of hydrogen-bond acceptors (Lipinski definition) is 7. The van der Waals surface area contributed by atoms with Crippen LogP contribution in [0, 0.1) is 0 Å². The quantitative estimate of drug-likeness (QED) is 0.287. The number of amides is 1. The highest BCUT2D eigenvalue weighted by Gasteiger charge is 2.33. The zero-order valence-electron chi connectivity index (χ0n) is 20.3. The van der Waals surface area contributed by atoms with E-state index in [0.29, 0.717) is 42.9 Å². The van der Waals surface area contributed by atoms with E-state index in [0.717, 1.165) is 17.3 Å². The Bertz CT molecular complexity index is 1310. The molecule has 1 aliphatic heterocycles.